The van der Waals surface area contributed by atoms with E-state index >= 15 is 0 Å². The maximum Gasteiger partial charge on any atom is 0.333 e. The third-order valence-electron chi connectivity index (χ3n) is 4.55. The van der Waals surface area contributed by atoms with Crippen molar-refractivity contribution >= 4 is 21.7 Å². The van der Waals surface area contributed by atoms with E-state index in [-0.39, 0.29) is 13.2 Å². The zero-order chi connectivity index (χ0) is 22.4. The summed E-state index contributed by atoms with van der Waals surface area (Å²) in [6.45, 7) is 3.59. The Kier molecular flexibility index (Phi) is 7.43. The molecule has 2 rings (SSSR count). The van der Waals surface area contributed by atoms with Crippen molar-refractivity contribution in [1.82, 2.24) is 4.72 Å². The lowest BCUT2D eigenvalue weighted by atomic mass is 9.89. The first-order valence-electron chi connectivity index (χ1n) is 9.31. The van der Waals surface area contributed by atoms with Crippen molar-refractivity contribution in [3.05, 3.63) is 59.2 Å². The highest BCUT2D eigenvalue weighted by atomic mass is 32.2. The van der Waals surface area contributed by atoms with E-state index in [4.69, 9.17) is 10.00 Å². The van der Waals surface area contributed by atoms with Crippen molar-refractivity contribution in [3.8, 4) is 11.8 Å². The molecule has 0 radical (unpaired) electrons. The number of nitrogens with one attached hydrogen (secondary N) is 2. The molecule has 9 heteroatoms. The topological polar surface area (TPSA) is 129 Å². The summed E-state index contributed by atoms with van der Waals surface area (Å²) in [4.78, 5) is 12.3. The van der Waals surface area contributed by atoms with Crippen LogP contribution in [0.15, 0.2) is 42.5 Å². The van der Waals surface area contributed by atoms with Crippen LogP contribution in [-0.4, -0.2) is 38.9 Å². The molecule has 30 heavy (non-hydrogen) atoms. The van der Waals surface area contributed by atoms with E-state index in [1.165, 1.54) is 6.92 Å². The number of hydrogen-bond donors (Lipinski definition) is 3. The van der Waals surface area contributed by atoms with Crippen LogP contribution in [0.3, 0.4) is 0 Å². The Bertz CT molecular complexity index is 1050. The Morgan fingerprint density at radius 3 is 2.43 bits per heavy atom. The first-order chi connectivity index (χ1) is 14.1. The largest absolute Gasteiger partial charge is 0.492 e. The van der Waals surface area contributed by atoms with E-state index in [9.17, 15) is 18.3 Å². The van der Waals surface area contributed by atoms with Gasteiger partial charge >= 0.3 is 5.97 Å². The summed E-state index contributed by atoms with van der Waals surface area (Å²) in [5.74, 6) is -0.771. The van der Waals surface area contributed by atoms with Crippen molar-refractivity contribution in [3.63, 3.8) is 0 Å². The summed E-state index contributed by atoms with van der Waals surface area (Å²) < 4.78 is 30.5. The number of aryl methyl sites for hydroxylation is 1. The summed E-state index contributed by atoms with van der Waals surface area (Å²) in [5.41, 5.74) is 0.816. The number of nitrogens with zero attached hydrogens (tertiary/aromatic N) is 1. The van der Waals surface area contributed by atoms with E-state index in [1.807, 2.05) is 19.1 Å². The van der Waals surface area contributed by atoms with E-state index < -0.39 is 21.5 Å². The van der Waals surface area contributed by atoms with Gasteiger partial charge in [-0.05, 0) is 55.3 Å². The molecule has 0 saturated carbocycles. The van der Waals surface area contributed by atoms with Crippen molar-refractivity contribution < 1.29 is 23.1 Å². The van der Waals surface area contributed by atoms with Crippen molar-refractivity contribution in [2.75, 3.05) is 24.7 Å². The van der Waals surface area contributed by atoms with E-state index in [0.29, 0.717) is 29.0 Å². The van der Waals surface area contributed by atoms with E-state index in [1.54, 1.807) is 36.4 Å². The summed E-state index contributed by atoms with van der Waals surface area (Å²) in [5, 5.41) is 22.0. The highest BCUT2D eigenvalue weighted by Gasteiger charge is 2.38. The Morgan fingerprint density at radius 2 is 1.90 bits per heavy atom. The van der Waals surface area contributed by atoms with Crippen LogP contribution in [0.5, 0.6) is 5.75 Å². The number of anilines is 1. The molecule has 2 aromatic carbocycles. The van der Waals surface area contributed by atoms with Gasteiger partial charge in [0.05, 0.1) is 17.9 Å². The van der Waals surface area contributed by atoms with Gasteiger partial charge in [-0.25, -0.2) is 17.9 Å². The lowest BCUT2D eigenvalue weighted by molar-refractivity contribution is -0.142. The number of carboxylic acid groups (broad SMARTS) is 1. The zero-order valence-corrected chi connectivity index (χ0v) is 17.9. The van der Waals surface area contributed by atoms with Crippen LogP contribution in [0.2, 0.25) is 0 Å². The van der Waals surface area contributed by atoms with Crippen molar-refractivity contribution in [2.45, 2.75) is 25.8 Å². The number of benzene rings is 2. The van der Waals surface area contributed by atoms with Crippen LogP contribution in [0, 0.1) is 11.3 Å². The molecule has 1 unspecified atom stereocenters. The average Bonchev–Trinajstić information content (AvgIpc) is 2.70. The number of nitriles is 1. The second kappa shape index (κ2) is 9.61. The number of ether oxygens (including phenoxy) is 1. The Labute approximate surface area is 176 Å². The molecule has 0 fully saturated rings. The number of rotatable bonds is 10. The lowest BCUT2D eigenvalue weighted by Gasteiger charge is -2.30. The third kappa shape index (κ3) is 5.95. The van der Waals surface area contributed by atoms with Crippen LogP contribution in [0.4, 0.5) is 5.69 Å². The minimum Gasteiger partial charge on any atom is -0.492 e. The predicted octanol–water partition coefficient (Wildman–Crippen LogP) is 2.46. The second-order valence-electron chi connectivity index (χ2n) is 6.94. The summed E-state index contributed by atoms with van der Waals surface area (Å²) >= 11 is 0. The van der Waals surface area contributed by atoms with Crippen LogP contribution < -0.4 is 14.8 Å². The number of carbonyl (C=O) groups is 1. The maximum absolute atomic E-state index is 12.3. The molecule has 0 aromatic heterocycles. The summed E-state index contributed by atoms with van der Waals surface area (Å²) in [7, 11) is -3.35. The first kappa shape index (κ1) is 23.2. The fraction of sp³-hybridized carbons (Fsp3) is 0.333. The Hall–Kier alpha value is -3.09. The van der Waals surface area contributed by atoms with Crippen LogP contribution in [0.25, 0.3) is 0 Å². The SMILES string of the molecule is CCc1ccc(OCCNS(C)(=O)=O)c(C(C)(Nc2ccc(C#N)cc2)C(=O)O)c1. The monoisotopic (exact) mass is 431 g/mol. The molecule has 0 aliphatic heterocycles. The fourth-order valence-corrected chi connectivity index (χ4v) is 3.31. The van der Waals surface area contributed by atoms with Crippen LogP contribution in [0.1, 0.15) is 30.5 Å². The number of aliphatic carboxylic acids is 1. The zero-order valence-electron chi connectivity index (χ0n) is 17.1. The van der Waals surface area contributed by atoms with Crippen molar-refractivity contribution in [1.29, 1.82) is 5.26 Å². The van der Waals surface area contributed by atoms with Gasteiger partial charge in [-0.1, -0.05) is 13.0 Å². The molecule has 2 aromatic rings. The molecule has 0 aliphatic rings. The van der Waals surface area contributed by atoms with Gasteiger partial charge in [0, 0.05) is 17.8 Å². The van der Waals surface area contributed by atoms with Gasteiger partial charge in [0.2, 0.25) is 10.0 Å². The molecule has 160 valence electrons. The lowest BCUT2D eigenvalue weighted by Crippen LogP contribution is -2.41. The maximum atomic E-state index is 12.3. The van der Waals surface area contributed by atoms with E-state index in [2.05, 4.69) is 10.0 Å². The van der Waals surface area contributed by atoms with Crippen molar-refractivity contribution in [2.24, 2.45) is 0 Å². The van der Waals surface area contributed by atoms with Gasteiger partial charge < -0.3 is 15.2 Å². The molecular weight excluding hydrogens is 406 g/mol. The minimum absolute atomic E-state index is 0.0398. The molecule has 0 amide bonds. The fourth-order valence-electron chi connectivity index (χ4n) is 2.85. The smallest absolute Gasteiger partial charge is 0.333 e. The molecule has 0 spiro atoms. The molecule has 0 saturated heterocycles. The summed E-state index contributed by atoms with van der Waals surface area (Å²) in [6.07, 6.45) is 1.76. The normalized spacial score (nSPS) is 13.1. The number of hydrogen-bond acceptors (Lipinski definition) is 6. The number of carboxylic acids is 1. The Morgan fingerprint density at radius 1 is 1.23 bits per heavy atom. The molecular formula is C21H25N3O5S. The average molecular weight is 432 g/mol. The van der Waals surface area contributed by atoms with Gasteiger partial charge in [-0.15, -0.1) is 0 Å². The van der Waals surface area contributed by atoms with Gasteiger partial charge in [0.25, 0.3) is 0 Å². The van der Waals surface area contributed by atoms with E-state index in [0.717, 1.165) is 11.8 Å². The third-order valence-corrected chi connectivity index (χ3v) is 5.28. The highest BCUT2D eigenvalue weighted by Crippen LogP contribution is 2.34. The molecule has 0 heterocycles. The summed E-state index contributed by atoms with van der Waals surface area (Å²) in [6, 6.07) is 13.8. The molecule has 0 bridgehead atoms. The quantitative estimate of drug-likeness (QED) is 0.493. The standard InChI is InChI=1S/C21H25N3O5S/c1-4-15-7-10-19(29-12-11-23-30(3,27)28)18(13-15)21(2,20(25)26)24-17-8-5-16(14-22)6-9-17/h5-10,13,23-24H,4,11-12H2,1-3H3,(H,25,26). The molecule has 8 nitrogen and oxygen atoms in total. The van der Waals surface area contributed by atoms with Crippen LogP contribution >= 0.6 is 0 Å². The first-order valence-corrected chi connectivity index (χ1v) is 11.2. The Balaban J connectivity index is 2.38. The predicted molar refractivity (Wildman–Crippen MR) is 114 cm³/mol. The second-order valence-corrected chi connectivity index (χ2v) is 8.78. The molecule has 3 N–H and O–H groups in total. The minimum atomic E-state index is -3.35. The van der Waals surface area contributed by atoms with Gasteiger partial charge in [-0.2, -0.15) is 5.26 Å². The number of sulfonamides is 1. The van der Waals surface area contributed by atoms with Gasteiger partial charge in [0.15, 0.2) is 5.54 Å². The van der Waals surface area contributed by atoms with Crippen LogP contribution in [-0.2, 0) is 26.8 Å². The van der Waals surface area contributed by atoms with Gasteiger partial charge in [0.1, 0.15) is 12.4 Å². The molecule has 1 atom stereocenters. The molecule has 0 aliphatic carbocycles. The highest BCUT2D eigenvalue weighted by molar-refractivity contribution is 7.88. The van der Waals surface area contributed by atoms with Gasteiger partial charge in [-0.3, -0.25) is 0 Å².